The number of nitrogens with zero attached hydrogens (tertiary/aromatic N) is 3. The van der Waals surface area contributed by atoms with Gasteiger partial charge in [-0.15, -0.1) is 0 Å². The van der Waals surface area contributed by atoms with Crippen molar-refractivity contribution >= 4 is 28.9 Å². The Balaban J connectivity index is 1.70. The van der Waals surface area contributed by atoms with E-state index in [9.17, 15) is 4.79 Å². The zero-order valence-corrected chi connectivity index (χ0v) is 17.4. The Morgan fingerprint density at radius 2 is 1.55 bits per heavy atom. The molecule has 0 atom stereocenters. The van der Waals surface area contributed by atoms with Gasteiger partial charge in [-0.2, -0.15) is 0 Å². The van der Waals surface area contributed by atoms with Crippen molar-refractivity contribution in [1.82, 2.24) is 9.97 Å². The van der Waals surface area contributed by atoms with Crippen molar-refractivity contribution in [3.05, 3.63) is 71.5 Å². The van der Waals surface area contributed by atoms with Gasteiger partial charge in [0, 0.05) is 47.1 Å². The first-order chi connectivity index (χ1) is 14.0. The third kappa shape index (κ3) is 5.31. The molecule has 0 radical (unpaired) electrons. The fourth-order valence-corrected chi connectivity index (χ4v) is 3.20. The van der Waals surface area contributed by atoms with Gasteiger partial charge in [0.05, 0.1) is 0 Å². The highest BCUT2D eigenvalue weighted by Crippen LogP contribution is 2.20. The molecule has 0 spiro atoms. The molecule has 2 aromatic carbocycles. The molecule has 1 amide bonds. The molecule has 6 heteroatoms. The van der Waals surface area contributed by atoms with E-state index in [2.05, 4.69) is 39.3 Å². The fourth-order valence-electron chi connectivity index (χ4n) is 3.20. The van der Waals surface area contributed by atoms with Gasteiger partial charge in [-0.3, -0.25) is 4.79 Å². The van der Waals surface area contributed by atoms with Crippen molar-refractivity contribution in [1.29, 1.82) is 0 Å². The Labute approximate surface area is 172 Å². The molecule has 6 nitrogen and oxygen atoms in total. The molecule has 0 saturated carbocycles. The van der Waals surface area contributed by atoms with Gasteiger partial charge in [-0.05, 0) is 76.2 Å². The molecule has 0 aliphatic rings. The second kappa shape index (κ2) is 9.19. The fraction of sp³-hybridized carbons (Fsp3) is 0.261. The van der Waals surface area contributed by atoms with Gasteiger partial charge in [0.1, 0.15) is 0 Å². The molecule has 150 valence electrons. The monoisotopic (exact) mass is 389 g/mol. The molecule has 0 aliphatic carbocycles. The van der Waals surface area contributed by atoms with E-state index in [0.29, 0.717) is 11.5 Å². The third-order valence-corrected chi connectivity index (χ3v) is 4.62. The number of carbonyl (C=O) groups is 1. The number of amides is 1. The maximum atomic E-state index is 12.7. The molecule has 29 heavy (non-hydrogen) atoms. The van der Waals surface area contributed by atoms with E-state index in [1.54, 1.807) is 12.1 Å². The van der Waals surface area contributed by atoms with Crippen LogP contribution in [0.25, 0.3) is 0 Å². The number of hydrogen-bond acceptors (Lipinski definition) is 5. The van der Waals surface area contributed by atoms with Crippen molar-refractivity contribution in [3.63, 3.8) is 0 Å². The van der Waals surface area contributed by atoms with Gasteiger partial charge in [0.25, 0.3) is 5.91 Å². The third-order valence-electron chi connectivity index (χ3n) is 4.62. The van der Waals surface area contributed by atoms with E-state index in [1.165, 1.54) is 0 Å². The Morgan fingerprint density at radius 3 is 2.17 bits per heavy atom. The number of benzene rings is 2. The number of carbonyl (C=O) groups excluding carboxylic acids is 1. The number of anilines is 4. The molecule has 1 heterocycles. The maximum Gasteiger partial charge on any atom is 0.255 e. The SMILES string of the molecule is CCN(CC)c1ccc(NC(=O)c2cccc(Nc3nc(C)cc(C)n3)c2)cc1. The summed E-state index contributed by atoms with van der Waals surface area (Å²) in [6.07, 6.45) is 0. The van der Waals surface area contributed by atoms with Crippen molar-refractivity contribution in [2.75, 3.05) is 28.6 Å². The summed E-state index contributed by atoms with van der Waals surface area (Å²) in [6.45, 7) is 10.0. The minimum absolute atomic E-state index is 0.161. The molecule has 0 unspecified atom stereocenters. The Hall–Kier alpha value is -3.41. The lowest BCUT2D eigenvalue weighted by Gasteiger charge is -2.21. The summed E-state index contributed by atoms with van der Waals surface area (Å²) in [7, 11) is 0. The minimum atomic E-state index is -0.161. The van der Waals surface area contributed by atoms with Crippen molar-refractivity contribution in [2.45, 2.75) is 27.7 Å². The minimum Gasteiger partial charge on any atom is -0.372 e. The quantitative estimate of drug-likeness (QED) is 0.599. The van der Waals surface area contributed by atoms with Gasteiger partial charge in [0.2, 0.25) is 5.95 Å². The predicted octanol–water partition coefficient (Wildman–Crippen LogP) is 4.94. The molecule has 1 aromatic heterocycles. The smallest absolute Gasteiger partial charge is 0.255 e. The van der Waals surface area contributed by atoms with Crippen molar-refractivity contribution in [3.8, 4) is 0 Å². The van der Waals surface area contributed by atoms with E-state index in [0.717, 1.165) is 41.5 Å². The molecule has 0 aliphatic heterocycles. The van der Waals surface area contributed by atoms with Crippen LogP contribution < -0.4 is 15.5 Å². The second-order valence-corrected chi connectivity index (χ2v) is 6.85. The Morgan fingerprint density at radius 1 is 0.897 bits per heavy atom. The summed E-state index contributed by atoms with van der Waals surface area (Å²) in [5.41, 5.74) is 5.02. The first-order valence-corrected chi connectivity index (χ1v) is 9.84. The first-order valence-electron chi connectivity index (χ1n) is 9.84. The number of aromatic nitrogens is 2. The van der Waals surface area contributed by atoms with Crippen LogP contribution >= 0.6 is 0 Å². The molecule has 2 N–H and O–H groups in total. The molecule has 3 rings (SSSR count). The van der Waals surface area contributed by atoms with Crippen LogP contribution in [0.5, 0.6) is 0 Å². The average molecular weight is 390 g/mol. The summed E-state index contributed by atoms with van der Waals surface area (Å²) < 4.78 is 0. The van der Waals surface area contributed by atoms with E-state index in [4.69, 9.17) is 0 Å². The number of nitrogens with one attached hydrogen (secondary N) is 2. The van der Waals surface area contributed by atoms with Gasteiger partial charge in [-0.25, -0.2) is 9.97 Å². The van der Waals surface area contributed by atoms with Crippen LogP contribution in [0.3, 0.4) is 0 Å². The van der Waals surface area contributed by atoms with E-state index < -0.39 is 0 Å². The first kappa shape index (κ1) is 20.3. The highest BCUT2D eigenvalue weighted by molar-refractivity contribution is 6.04. The maximum absolute atomic E-state index is 12.7. The summed E-state index contributed by atoms with van der Waals surface area (Å²) in [5, 5.41) is 6.12. The second-order valence-electron chi connectivity index (χ2n) is 6.85. The topological polar surface area (TPSA) is 70.2 Å². The lowest BCUT2D eigenvalue weighted by atomic mass is 10.1. The highest BCUT2D eigenvalue weighted by atomic mass is 16.1. The molecule has 0 bridgehead atoms. The van der Waals surface area contributed by atoms with Crippen LogP contribution in [-0.2, 0) is 0 Å². The number of aryl methyl sites for hydroxylation is 2. The van der Waals surface area contributed by atoms with Gasteiger partial charge >= 0.3 is 0 Å². The number of hydrogen-bond donors (Lipinski definition) is 2. The average Bonchev–Trinajstić information content (AvgIpc) is 2.69. The van der Waals surface area contributed by atoms with Gasteiger partial charge < -0.3 is 15.5 Å². The molecular formula is C23H27N5O. The van der Waals surface area contributed by atoms with Gasteiger partial charge in [0.15, 0.2) is 0 Å². The predicted molar refractivity (Wildman–Crippen MR) is 119 cm³/mol. The zero-order chi connectivity index (χ0) is 20.8. The summed E-state index contributed by atoms with van der Waals surface area (Å²) in [5.74, 6) is 0.359. The Bertz CT molecular complexity index is 961. The van der Waals surface area contributed by atoms with Gasteiger partial charge in [-0.1, -0.05) is 6.07 Å². The van der Waals surface area contributed by atoms with E-state index in [1.807, 2.05) is 56.3 Å². The van der Waals surface area contributed by atoms with Crippen LogP contribution in [0.15, 0.2) is 54.6 Å². The summed E-state index contributed by atoms with van der Waals surface area (Å²) in [4.78, 5) is 23.7. The van der Waals surface area contributed by atoms with Crippen LogP contribution in [0.1, 0.15) is 35.6 Å². The van der Waals surface area contributed by atoms with Crippen LogP contribution in [0.4, 0.5) is 23.0 Å². The van der Waals surface area contributed by atoms with Crippen LogP contribution in [0.2, 0.25) is 0 Å². The van der Waals surface area contributed by atoms with Crippen LogP contribution in [0, 0.1) is 13.8 Å². The number of rotatable bonds is 7. The lowest BCUT2D eigenvalue weighted by molar-refractivity contribution is 0.102. The highest BCUT2D eigenvalue weighted by Gasteiger charge is 2.09. The normalized spacial score (nSPS) is 10.5. The molecule has 3 aromatic rings. The molecule has 0 fully saturated rings. The summed E-state index contributed by atoms with van der Waals surface area (Å²) in [6, 6.07) is 17.1. The summed E-state index contributed by atoms with van der Waals surface area (Å²) >= 11 is 0. The van der Waals surface area contributed by atoms with Crippen molar-refractivity contribution in [2.24, 2.45) is 0 Å². The van der Waals surface area contributed by atoms with E-state index in [-0.39, 0.29) is 5.91 Å². The van der Waals surface area contributed by atoms with E-state index >= 15 is 0 Å². The zero-order valence-electron chi connectivity index (χ0n) is 17.4. The lowest BCUT2D eigenvalue weighted by Crippen LogP contribution is -2.21. The molecular weight excluding hydrogens is 362 g/mol. The van der Waals surface area contributed by atoms with Crippen molar-refractivity contribution < 1.29 is 4.79 Å². The largest absolute Gasteiger partial charge is 0.372 e. The molecule has 0 saturated heterocycles. The van der Waals surface area contributed by atoms with Crippen LogP contribution in [-0.4, -0.2) is 29.0 Å². The Kier molecular flexibility index (Phi) is 6.44. The standard InChI is InChI=1S/C23H27N5O/c1-5-28(6-2)21-12-10-19(11-13-21)26-22(29)18-8-7-9-20(15-18)27-23-24-16(3)14-17(4)25-23/h7-15H,5-6H2,1-4H3,(H,26,29)(H,24,25,27).